The molecule has 35 heavy (non-hydrogen) atoms. The number of carbonyl (C=O) groups is 3. The number of carbonyl (C=O) groups excluding carboxylic acids is 3. The van der Waals surface area contributed by atoms with Gasteiger partial charge in [-0.15, -0.1) is 0 Å². The predicted molar refractivity (Wildman–Crippen MR) is 137 cm³/mol. The highest BCUT2D eigenvalue weighted by Crippen LogP contribution is 2.12. The van der Waals surface area contributed by atoms with E-state index in [1.165, 1.54) is 4.90 Å². The van der Waals surface area contributed by atoms with E-state index in [4.69, 9.17) is 5.73 Å². The van der Waals surface area contributed by atoms with Crippen molar-refractivity contribution in [1.82, 2.24) is 16.0 Å². The van der Waals surface area contributed by atoms with Crippen LogP contribution in [0.5, 0.6) is 0 Å². The minimum atomic E-state index is -1.19. The lowest BCUT2D eigenvalue weighted by molar-refractivity contribution is -0.128. The number of urea groups is 1. The van der Waals surface area contributed by atoms with Gasteiger partial charge in [0.05, 0.1) is 18.6 Å². The Morgan fingerprint density at radius 3 is 2.23 bits per heavy atom. The van der Waals surface area contributed by atoms with Gasteiger partial charge in [0.15, 0.2) is 0 Å². The highest BCUT2D eigenvalue weighted by Gasteiger charge is 2.29. The Balaban J connectivity index is 2.12. The van der Waals surface area contributed by atoms with Crippen molar-refractivity contribution in [3.63, 3.8) is 0 Å². The summed E-state index contributed by atoms with van der Waals surface area (Å²) in [6.07, 6.45) is 1.13. The summed E-state index contributed by atoms with van der Waals surface area (Å²) in [5.41, 5.74) is 6.92. The molecule has 0 saturated carbocycles. The van der Waals surface area contributed by atoms with Crippen molar-refractivity contribution in [2.45, 2.75) is 50.8 Å². The molecule has 0 aliphatic carbocycles. The fourth-order valence-corrected chi connectivity index (χ4v) is 3.55. The summed E-state index contributed by atoms with van der Waals surface area (Å²) in [4.78, 5) is 39.0. The molecule has 0 fully saturated rings. The van der Waals surface area contributed by atoms with Crippen LogP contribution in [0.4, 0.5) is 10.5 Å². The summed E-state index contributed by atoms with van der Waals surface area (Å²) >= 11 is 0. The summed E-state index contributed by atoms with van der Waals surface area (Å²) in [5, 5.41) is 19.5. The third-order valence-electron chi connectivity index (χ3n) is 5.62. The molecule has 0 radical (unpaired) electrons. The number of anilines is 1. The quantitative estimate of drug-likeness (QED) is 0.260. The zero-order valence-corrected chi connectivity index (χ0v) is 20.4. The Kier molecular flexibility index (Phi) is 11.7. The van der Waals surface area contributed by atoms with Crippen molar-refractivity contribution in [3.8, 4) is 0 Å². The molecule has 3 atom stereocenters. The van der Waals surface area contributed by atoms with Crippen molar-refractivity contribution in [2.75, 3.05) is 25.0 Å². The molecule has 0 aromatic heterocycles. The van der Waals surface area contributed by atoms with Crippen molar-refractivity contribution >= 4 is 23.5 Å². The SMILES string of the molecule is CCCCNCC(O)C(Cc1ccccc1)NC(=O)C(CC(N)=O)NC(=O)N(C)c1ccccc1. The third-order valence-corrected chi connectivity index (χ3v) is 5.62. The Hall–Kier alpha value is -3.43. The number of amides is 4. The molecule has 190 valence electrons. The van der Waals surface area contributed by atoms with Gasteiger partial charge < -0.3 is 26.8 Å². The van der Waals surface area contributed by atoms with Crippen LogP contribution in [0.15, 0.2) is 60.7 Å². The maximum Gasteiger partial charge on any atom is 0.322 e. The molecule has 2 rings (SSSR count). The Morgan fingerprint density at radius 1 is 1.00 bits per heavy atom. The monoisotopic (exact) mass is 483 g/mol. The fourth-order valence-electron chi connectivity index (χ4n) is 3.55. The zero-order valence-electron chi connectivity index (χ0n) is 20.4. The van der Waals surface area contributed by atoms with E-state index in [2.05, 4.69) is 22.9 Å². The van der Waals surface area contributed by atoms with E-state index in [9.17, 15) is 19.5 Å². The maximum absolute atomic E-state index is 13.2. The Bertz CT molecular complexity index is 926. The summed E-state index contributed by atoms with van der Waals surface area (Å²) in [6.45, 7) is 3.13. The van der Waals surface area contributed by atoms with E-state index in [1.54, 1.807) is 31.3 Å². The van der Waals surface area contributed by atoms with Crippen LogP contribution in [-0.4, -0.2) is 61.3 Å². The van der Waals surface area contributed by atoms with Gasteiger partial charge in [0, 0.05) is 19.3 Å². The van der Waals surface area contributed by atoms with Crippen LogP contribution in [0.2, 0.25) is 0 Å². The molecule has 2 aromatic rings. The number of rotatable bonds is 14. The first-order chi connectivity index (χ1) is 16.8. The molecular weight excluding hydrogens is 446 g/mol. The minimum Gasteiger partial charge on any atom is -0.390 e. The second-order valence-corrected chi connectivity index (χ2v) is 8.50. The van der Waals surface area contributed by atoms with Gasteiger partial charge in [-0.2, -0.15) is 0 Å². The molecule has 4 amide bonds. The first kappa shape index (κ1) is 27.8. The fraction of sp³-hybridized carbons (Fsp3) is 0.423. The van der Waals surface area contributed by atoms with Crippen LogP contribution in [0.1, 0.15) is 31.7 Å². The van der Waals surface area contributed by atoms with Gasteiger partial charge in [0.2, 0.25) is 11.8 Å². The van der Waals surface area contributed by atoms with Gasteiger partial charge in [0.25, 0.3) is 0 Å². The molecule has 3 unspecified atom stereocenters. The Morgan fingerprint density at radius 2 is 1.63 bits per heavy atom. The molecular formula is C26H37N5O4. The minimum absolute atomic E-state index is 0.293. The van der Waals surface area contributed by atoms with Crippen LogP contribution < -0.4 is 26.6 Å². The molecule has 6 N–H and O–H groups in total. The first-order valence-electron chi connectivity index (χ1n) is 11.9. The topological polar surface area (TPSA) is 137 Å². The number of benzene rings is 2. The molecule has 9 heteroatoms. The van der Waals surface area contributed by atoms with Crippen molar-refractivity contribution in [3.05, 3.63) is 66.2 Å². The smallest absolute Gasteiger partial charge is 0.322 e. The number of nitrogens with zero attached hydrogens (tertiary/aromatic N) is 1. The van der Waals surface area contributed by atoms with E-state index < -0.39 is 36.0 Å². The van der Waals surface area contributed by atoms with E-state index in [0.29, 0.717) is 18.7 Å². The second kappa shape index (κ2) is 14.7. The molecule has 0 aliphatic rings. The maximum atomic E-state index is 13.2. The van der Waals surface area contributed by atoms with Crippen molar-refractivity contribution < 1.29 is 19.5 Å². The molecule has 9 nitrogen and oxygen atoms in total. The average Bonchev–Trinajstić information content (AvgIpc) is 2.86. The number of aliphatic hydroxyl groups is 1. The number of nitrogens with one attached hydrogen (secondary N) is 3. The van der Waals surface area contributed by atoms with Crippen molar-refractivity contribution in [1.29, 1.82) is 0 Å². The van der Waals surface area contributed by atoms with E-state index in [0.717, 1.165) is 24.9 Å². The normalized spacial score (nSPS) is 13.3. The lowest BCUT2D eigenvalue weighted by Gasteiger charge is -2.28. The number of aliphatic hydroxyl groups excluding tert-OH is 1. The van der Waals surface area contributed by atoms with Gasteiger partial charge in [-0.3, -0.25) is 14.5 Å². The third kappa shape index (κ3) is 9.76. The predicted octanol–water partition coefficient (Wildman–Crippen LogP) is 1.55. The second-order valence-electron chi connectivity index (χ2n) is 8.50. The van der Waals surface area contributed by atoms with Crippen LogP contribution in [0.25, 0.3) is 0 Å². The summed E-state index contributed by atoms with van der Waals surface area (Å²) in [6, 6.07) is 16.0. The van der Waals surface area contributed by atoms with Gasteiger partial charge in [-0.1, -0.05) is 61.9 Å². The molecule has 0 aliphatic heterocycles. The first-order valence-corrected chi connectivity index (χ1v) is 11.9. The summed E-state index contributed by atoms with van der Waals surface area (Å²) in [7, 11) is 1.56. The zero-order chi connectivity index (χ0) is 25.6. The van der Waals surface area contributed by atoms with E-state index in [-0.39, 0.29) is 6.42 Å². The number of para-hydroxylation sites is 1. The number of primary amides is 1. The van der Waals surface area contributed by atoms with Gasteiger partial charge in [-0.25, -0.2) is 4.79 Å². The molecule has 0 spiro atoms. The lowest BCUT2D eigenvalue weighted by atomic mass is 10.00. The van der Waals surface area contributed by atoms with Crippen molar-refractivity contribution in [2.24, 2.45) is 5.73 Å². The van der Waals surface area contributed by atoms with E-state index in [1.807, 2.05) is 36.4 Å². The Labute approximate surface area is 207 Å². The average molecular weight is 484 g/mol. The largest absolute Gasteiger partial charge is 0.390 e. The molecule has 0 saturated heterocycles. The molecule has 0 bridgehead atoms. The number of nitrogens with two attached hydrogens (primary N) is 1. The summed E-state index contributed by atoms with van der Waals surface area (Å²) < 4.78 is 0. The summed E-state index contributed by atoms with van der Waals surface area (Å²) in [5.74, 6) is -1.32. The molecule has 0 heterocycles. The standard InChI is InChI=1S/C26H37N5O4/c1-3-4-15-28-18-23(32)21(16-19-11-7-5-8-12-19)29-25(34)22(17-24(27)33)30-26(35)31(2)20-13-9-6-10-14-20/h5-14,21-23,28,32H,3-4,15-18H2,1-2H3,(H2,27,33)(H,29,34)(H,30,35). The highest BCUT2D eigenvalue weighted by molar-refractivity contribution is 5.96. The number of hydrogen-bond acceptors (Lipinski definition) is 5. The highest BCUT2D eigenvalue weighted by atomic mass is 16.3. The van der Waals surface area contributed by atoms with Crippen LogP contribution in [0.3, 0.4) is 0 Å². The van der Waals surface area contributed by atoms with Gasteiger partial charge in [0.1, 0.15) is 6.04 Å². The van der Waals surface area contributed by atoms with Crippen LogP contribution in [-0.2, 0) is 16.0 Å². The van der Waals surface area contributed by atoms with Gasteiger partial charge in [-0.05, 0) is 37.1 Å². The van der Waals surface area contributed by atoms with Crippen LogP contribution >= 0.6 is 0 Å². The van der Waals surface area contributed by atoms with Gasteiger partial charge >= 0.3 is 6.03 Å². The molecule has 2 aromatic carbocycles. The van der Waals surface area contributed by atoms with E-state index >= 15 is 0 Å². The number of unbranched alkanes of at least 4 members (excludes halogenated alkanes) is 1. The number of hydrogen-bond donors (Lipinski definition) is 5. The van der Waals surface area contributed by atoms with Crippen LogP contribution in [0, 0.1) is 0 Å². The lowest BCUT2D eigenvalue weighted by Crippen LogP contribution is -2.57.